The van der Waals surface area contributed by atoms with Crippen molar-refractivity contribution >= 4 is 38.4 Å². The zero-order valence-electron chi connectivity index (χ0n) is 15.4. The van der Waals surface area contributed by atoms with Crippen molar-refractivity contribution in [3.63, 3.8) is 0 Å². The van der Waals surface area contributed by atoms with Gasteiger partial charge in [0.1, 0.15) is 0 Å². The lowest BCUT2D eigenvalue weighted by atomic mass is 10.1. The molecule has 8 heteroatoms. The van der Waals surface area contributed by atoms with Crippen LogP contribution in [0.3, 0.4) is 0 Å². The Hall–Kier alpha value is -2.74. The van der Waals surface area contributed by atoms with Gasteiger partial charge in [0, 0.05) is 32.5 Å². The lowest BCUT2D eigenvalue weighted by Crippen LogP contribution is -2.28. The predicted molar refractivity (Wildman–Crippen MR) is 108 cm³/mol. The summed E-state index contributed by atoms with van der Waals surface area (Å²) in [4.78, 5) is 28.3. The van der Waals surface area contributed by atoms with Gasteiger partial charge < -0.3 is 15.5 Å². The van der Waals surface area contributed by atoms with E-state index in [0.717, 1.165) is 46.7 Å². The number of nitrogens with zero attached hydrogens (tertiary/aromatic N) is 4. The van der Waals surface area contributed by atoms with E-state index in [1.165, 1.54) is 11.3 Å². The molecule has 1 aliphatic rings. The Labute approximate surface area is 161 Å². The van der Waals surface area contributed by atoms with Crippen LogP contribution in [0, 0.1) is 0 Å². The number of likely N-dealkylation sites (tertiary alicyclic amines) is 1. The normalized spacial score (nSPS) is 15.1. The zero-order valence-corrected chi connectivity index (χ0v) is 16.2. The Bertz CT molecular complexity index is 951. The highest BCUT2D eigenvalue weighted by Gasteiger charge is 2.25. The second-order valence-corrected chi connectivity index (χ2v) is 7.67. The summed E-state index contributed by atoms with van der Waals surface area (Å²) in [5.74, 6) is 0.448. The van der Waals surface area contributed by atoms with Gasteiger partial charge >= 0.3 is 0 Å². The van der Waals surface area contributed by atoms with Crippen molar-refractivity contribution in [2.75, 3.05) is 30.8 Å². The van der Waals surface area contributed by atoms with Crippen LogP contribution in [0.15, 0.2) is 30.6 Å². The largest absolute Gasteiger partial charge is 0.380 e. The summed E-state index contributed by atoms with van der Waals surface area (Å²) >= 11 is 1.51. The van der Waals surface area contributed by atoms with Crippen molar-refractivity contribution in [3.05, 3.63) is 41.9 Å². The second kappa shape index (κ2) is 7.48. The van der Waals surface area contributed by atoms with Crippen LogP contribution in [-0.4, -0.2) is 45.9 Å². The molecular formula is C19H22N6OS. The molecule has 0 radical (unpaired) electrons. The first-order valence-electron chi connectivity index (χ1n) is 9.11. The van der Waals surface area contributed by atoms with E-state index in [9.17, 15) is 4.79 Å². The molecule has 1 aliphatic heterocycles. The van der Waals surface area contributed by atoms with E-state index in [2.05, 4.69) is 25.6 Å². The molecule has 7 nitrogen and oxygen atoms in total. The standard InChI is InChI=1S/C19H22N6OS/c1-12(13-6-5-7-21-11-13)22-19-23-14-10-15(20-2)27-17(14)16(24-19)18(26)25-8-3-4-9-25/h5-7,10-12,20H,3-4,8-9H2,1-2H3,(H,22,23,24)/t12-/m0/s1. The van der Waals surface area contributed by atoms with Gasteiger partial charge in [-0.1, -0.05) is 6.07 Å². The fraction of sp³-hybridized carbons (Fsp3) is 0.368. The maximum atomic E-state index is 13.1. The van der Waals surface area contributed by atoms with E-state index in [-0.39, 0.29) is 11.9 Å². The van der Waals surface area contributed by atoms with E-state index >= 15 is 0 Å². The van der Waals surface area contributed by atoms with Crippen molar-refractivity contribution in [2.24, 2.45) is 0 Å². The Morgan fingerprint density at radius 3 is 2.81 bits per heavy atom. The van der Waals surface area contributed by atoms with Crippen molar-refractivity contribution in [1.82, 2.24) is 19.9 Å². The average molecular weight is 382 g/mol. The van der Waals surface area contributed by atoms with Crippen LogP contribution in [0.25, 0.3) is 10.2 Å². The summed E-state index contributed by atoms with van der Waals surface area (Å²) in [6, 6.07) is 5.84. The molecule has 0 unspecified atom stereocenters. The molecule has 0 spiro atoms. The molecule has 1 atom stereocenters. The number of pyridine rings is 1. The lowest BCUT2D eigenvalue weighted by Gasteiger charge is -2.17. The molecule has 3 aromatic rings. The van der Waals surface area contributed by atoms with Crippen molar-refractivity contribution in [2.45, 2.75) is 25.8 Å². The van der Waals surface area contributed by atoms with E-state index < -0.39 is 0 Å². The zero-order chi connectivity index (χ0) is 18.8. The number of fused-ring (bicyclic) bond motifs is 1. The van der Waals surface area contributed by atoms with Gasteiger partial charge in [0.2, 0.25) is 5.95 Å². The molecule has 4 heterocycles. The summed E-state index contributed by atoms with van der Waals surface area (Å²) in [7, 11) is 1.86. The molecule has 4 rings (SSSR count). The number of thiophene rings is 1. The molecule has 1 fully saturated rings. The van der Waals surface area contributed by atoms with Crippen LogP contribution in [0.2, 0.25) is 0 Å². The predicted octanol–water partition coefficient (Wildman–Crippen LogP) is 3.54. The number of rotatable bonds is 5. The number of aromatic nitrogens is 3. The van der Waals surface area contributed by atoms with Gasteiger partial charge in [-0.25, -0.2) is 9.97 Å². The lowest BCUT2D eigenvalue weighted by molar-refractivity contribution is 0.0789. The molecule has 0 bridgehead atoms. The fourth-order valence-corrected chi connectivity index (χ4v) is 4.17. The highest BCUT2D eigenvalue weighted by atomic mass is 32.1. The number of anilines is 2. The van der Waals surface area contributed by atoms with Crippen LogP contribution in [0.1, 0.15) is 41.9 Å². The number of carbonyl (C=O) groups is 1. The molecule has 140 valence electrons. The quantitative estimate of drug-likeness (QED) is 0.702. The first-order chi connectivity index (χ1) is 13.2. The van der Waals surface area contributed by atoms with E-state index in [1.807, 2.05) is 43.3 Å². The fourth-order valence-electron chi connectivity index (χ4n) is 3.24. The summed E-state index contributed by atoms with van der Waals surface area (Å²) in [6.45, 7) is 3.62. The summed E-state index contributed by atoms with van der Waals surface area (Å²) in [6.07, 6.45) is 5.66. The molecule has 0 saturated carbocycles. The molecule has 0 aromatic carbocycles. The topological polar surface area (TPSA) is 83.0 Å². The van der Waals surface area contributed by atoms with Gasteiger partial charge in [0.15, 0.2) is 5.69 Å². The summed E-state index contributed by atoms with van der Waals surface area (Å²) in [5.41, 5.74) is 2.30. The number of hydrogen-bond donors (Lipinski definition) is 2. The monoisotopic (exact) mass is 382 g/mol. The second-order valence-electron chi connectivity index (χ2n) is 6.62. The van der Waals surface area contributed by atoms with Crippen LogP contribution >= 0.6 is 11.3 Å². The molecule has 0 aliphatic carbocycles. The Morgan fingerprint density at radius 1 is 1.30 bits per heavy atom. The molecule has 3 aromatic heterocycles. The molecule has 27 heavy (non-hydrogen) atoms. The molecular weight excluding hydrogens is 360 g/mol. The third-order valence-electron chi connectivity index (χ3n) is 4.74. The number of amides is 1. The average Bonchev–Trinajstić information content (AvgIpc) is 3.37. The minimum absolute atomic E-state index is 0.0125. The smallest absolute Gasteiger partial charge is 0.274 e. The van der Waals surface area contributed by atoms with Gasteiger partial charge in [-0.2, -0.15) is 0 Å². The Balaban J connectivity index is 1.71. The van der Waals surface area contributed by atoms with Crippen LogP contribution in [0.4, 0.5) is 10.9 Å². The third-order valence-corrected chi connectivity index (χ3v) is 5.89. The first kappa shape index (κ1) is 17.7. The number of nitrogens with one attached hydrogen (secondary N) is 2. The van der Waals surface area contributed by atoms with Crippen LogP contribution in [-0.2, 0) is 0 Å². The maximum Gasteiger partial charge on any atom is 0.274 e. The van der Waals surface area contributed by atoms with Crippen LogP contribution in [0.5, 0.6) is 0 Å². The molecule has 2 N–H and O–H groups in total. The Kier molecular flexibility index (Phi) is 4.89. The Morgan fingerprint density at radius 2 is 2.11 bits per heavy atom. The van der Waals surface area contributed by atoms with Gasteiger partial charge in [-0.3, -0.25) is 9.78 Å². The highest BCUT2D eigenvalue weighted by Crippen LogP contribution is 2.32. The third kappa shape index (κ3) is 3.57. The van der Waals surface area contributed by atoms with Crippen molar-refractivity contribution < 1.29 is 4.79 Å². The minimum atomic E-state index is -0.0201. The first-order valence-corrected chi connectivity index (χ1v) is 9.92. The van der Waals surface area contributed by atoms with Crippen molar-refractivity contribution in [3.8, 4) is 0 Å². The van der Waals surface area contributed by atoms with E-state index in [1.54, 1.807) is 6.20 Å². The molecule has 1 saturated heterocycles. The molecule has 1 amide bonds. The summed E-state index contributed by atoms with van der Waals surface area (Å²) in [5, 5.41) is 7.42. The van der Waals surface area contributed by atoms with Crippen LogP contribution < -0.4 is 10.6 Å². The highest BCUT2D eigenvalue weighted by molar-refractivity contribution is 7.23. The number of carbonyl (C=O) groups excluding carboxylic acids is 1. The van der Waals surface area contributed by atoms with Gasteiger partial charge in [0.25, 0.3) is 5.91 Å². The van der Waals surface area contributed by atoms with Gasteiger partial charge in [-0.05, 0) is 37.5 Å². The van der Waals surface area contributed by atoms with Gasteiger partial charge in [0.05, 0.1) is 21.3 Å². The maximum absolute atomic E-state index is 13.1. The minimum Gasteiger partial charge on any atom is -0.380 e. The van der Waals surface area contributed by atoms with E-state index in [4.69, 9.17) is 0 Å². The number of hydrogen-bond acceptors (Lipinski definition) is 7. The van der Waals surface area contributed by atoms with Gasteiger partial charge in [-0.15, -0.1) is 11.3 Å². The van der Waals surface area contributed by atoms with E-state index in [0.29, 0.717) is 11.6 Å². The van der Waals surface area contributed by atoms with Crippen molar-refractivity contribution in [1.29, 1.82) is 0 Å². The SMILES string of the molecule is CNc1cc2nc(N[C@@H](C)c3cccnc3)nc(C(=O)N3CCCC3)c2s1. The summed E-state index contributed by atoms with van der Waals surface area (Å²) < 4.78 is 0.829.